The molecule has 0 fully saturated rings. The Morgan fingerprint density at radius 1 is 0.941 bits per heavy atom. The van der Waals surface area contributed by atoms with Crippen LogP contribution in [0.1, 0.15) is 61.3 Å². The average Bonchev–Trinajstić information content (AvgIpc) is 2.26. The monoisotopic (exact) mass is 242 g/mol. The summed E-state index contributed by atoms with van der Waals surface area (Å²) in [6.45, 7) is 18.4. The van der Waals surface area contributed by atoms with Gasteiger partial charge in [-0.2, -0.15) is 0 Å². The summed E-state index contributed by atoms with van der Waals surface area (Å²) in [6, 6.07) is 1.94. The Labute approximate surface area is 109 Å². The molecule has 0 aromatic carbocycles. The highest BCUT2D eigenvalue weighted by Gasteiger charge is 2.18. The van der Waals surface area contributed by atoms with E-state index in [9.17, 15) is 0 Å². The summed E-state index contributed by atoms with van der Waals surface area (Å²) >= 11 is 0. The molecule has 0 aromatic rings. The molecule has 0 rings (SSSR count). The molecule has 17 heavy (non-hydrogen) atoms. The molecule has 0 aliphatic rings. The Bertz CT molecular complexity index is 174. The molecule has 0 aromatic heterocycles. The largest absolute Gasteiger partial charge is 0.312 e. The van der Waals surface area contributed by atoms with Crippen molar-refractivity contribution in [1.82, 2.24) is 10.2 Å². The fourth-order valence-corrected chi connectivity index (χ4v) is 2.35. The molecule has 0 saturated heterocycles. The Balaban J connectivity index is 4.17. The third kappa shape index (κ3) is 7.05. The molecule has 2 heteroatoms. The van der Waals surface area contributed by atoms with Crippen LogP contribution in [0.3, 0.4) is 0 Å². The van der Waals surface area contributed by atoms with E-state index >= 15 is 0 Å². The van der Waals surface area contributed by atoms with Crippen molar-refractivity contribution in [2.24, 2.45) is 5.92 Å². The fraction of sp³-hybridized carbons (Fsp3) is 1.00. The van der Waals surface area contributed by atoms with Crippen molar-refractivity contribution in [1.29, 1.82) is 0 Å². The smallest absolute Gasteiger partial charge is 0.0195 e. The molecule has 104 valence electrons. The van der Waals surface area contributed by atoms with Crippen molar-refractivity contribution < 1.29 is 0 Å². The average molecular weight is 242 g/mol. The summed E-state index contributed by atoms with van der Waals surface area (Å²) in [4.78, 5) is 2.61. The van der Waals surface area contributed by atoms with Crippen LogP contribution in [0.4, 0.5) is 0 Å². The molecule has 0 spiro atoms. The highest BCUT2D eigenvalue weighted by Crippen LogP contribution is 2.09. The quantitative estimate of drug-likeness (QED) is 0.665. The van der Waals surface area contributed by atoms with Crippen molar-refractivity contribution >= 4 is 0 Å². The summed E-state index contributed by atoms with van der Waals surface area (Å²) in [6.07, 6.45) is 2.46. The van der Waals surface area contributed by atoms with Crippen LogP contribution in [0.25, 0.3) is 0 Å². The van der Waals surface area contributed by atoms with Crippen LogP contribution in [0.5, 0.6) is 0 Å². The van der Waals surface area contributed by atoms with Crippen LogP contribution < -0.4 is 5.32 Å². The Kier molecular flexibility index (Phi) is 8.89. The first-order chi connectivity index (χ1) is 7.92. The molecule has 0 radical (unpaired) electrons. The van der Waals surface area contributed by atoms with Gasteiger partial charge in [-0.25, -0.2) is 0 Å². The third-order valence-electron chi connectivity index (χ3n) is 3.49. The van der Waals surface area contributed by atoms with Gasteiger partial charge in [0.15, 0.2) is 0 Å². The predicted octanol–water partition coefficient (Wildman–Crippen LogP) is 3.52. The van der Waals surface area contributed by atoms with E-state index in [2.05, 4.69) is 58.7 Å². The maximum Gasteiger partial charge on any atom is 0.0195 e. The predicted molar refractivity (Wildman–Crippen MR) is 78.5 cm³/mol. The van der Waals surface area contributed by atoms with Gasteiger partial charge >= 0.3 is 0 Å². The third-order valence-corrected chi connectivity index (χ3v) is 3.49. The second-order valence-electron chi connectivity index (χ2n) is 5.96. The van der Waals surface area contributed by atoms with Gasteiger partial charge in [-0.05, 0) is 39.5 Å². The Morgan fingerprint density at radius 3 is 1.82 bits per heavy atom. The van der Waals surface area contributed by atoms with Crippen LogP contribution in [0.15, 0.2) is 0 Å². The number of hydrogen-bond acceptors (Lipinski definition) is 2. The zero-order valence-corrected chi connectivity index (χ0v) is 13.1. The summed E-state index contributed by atoms with van der Waals surface area (Å²) in [5.41, 5.74) is 0. The topological polar surface area (TPSA) is 15.3 Å². The SMILES string of the molecule is CCC(CC)NCC(C)N(CC(C)C)C(C)C. The van der Waals surface area contributed by atoms with Crippen molar-refractivity contribution in [3.63, 3.8) is 0 Å². The van der Waals surface area contributed by atoms with Crippen LogP contribution in [-0.4, -0.2) is 36.1 Å². The Hall–Kier alpha value is -0.0800. The van der Waals surface area contributed by atoms with Crippen molar-refractivity contribution in [3.8, 4) is 0 Å². The van der Waals surface area contributed by atoms with Gasteiger partial charge in [-0.15, -0.1) is 0 Å². The van der Waals surface area contributed by atoms with Gasteiger partial charge in [0, 0.05) is 31.2 Å². The number of nitrogens with one attached hydrogen (secondary N) is 1. The second-order valence-corrected chi connectivity index (χ2v) is 5.96. The van der Waals surface area contributed by atoms with Gasteiger partial charge in [0.25, 0.3) is 0 Å². The number of nitrogens with zero attached hydrogens (tertiary/aromatic N) is 1. The molecule has 1 N–H and O–H groups in total. The fourth-order valence-electron chi connectivity index (χ4n) is 2.35. The first-order valence-corrected chi connectivity index (χ1v) is 7.41. The summed E-state index contributed by atoms with van der Waals surface area (Å²) in [7, 11) is 0. The maximum atomic E-state index is 3.69. The van der Waals surface area contributed by atoms with E-state index in [1.165, 1.54) is 19.4 Å². The highest BCUT2D eigenvalue weighted by molar-refractivity contribution is 4.76. The van der Waals surface area contributed by atoms with E-state index < -0.39 is 0 Å². The standard InChI is InChI=1S/C15H34N2/c1-8-15(9-2)16-10-14(7)17(13(5)6)11-12(3)4/h12-16H,8-11H2,1-7H3. The summed E-state index contributed by atoms with van der Waals surface area (Å²) < 4.78 is 0. The van der Waals surface area contributed by atoms with Gasteiger partial charge < -0.3 is 5.32 Å². The lowest BCUT2D eigenvalue weighted by Gasteiger charge is -2.35. The lowest BCUT2D eigenvalue weighted by atomic mass is 10.1. The summed E-state index contributed by atoms with van der Waals surface area (Å²) in [5.74, 6) is 0.744. The molecule has 0 aliphatic heterocycles. The van der Waals surface area contributed by atoms with Gasteiger partial charge in [0.1, 0.15) is 0 Å². The van der Waals surface area contributed by atoms with Gasteiger partial charge in [-0.3, -0.25) is 4.90 Å². The molecular weight excluding hydrogens is 208 g/mol. The zero-order valence-electron chi connectivity index (χ0n) is 13.1. The normalized spacial score (nSPS) is 14.3. The first kappa shape index (κ1) is 16.9. The minimum Gasteiger partial charge on any atom is -0.312 e. The van der Waals surface area contributed by atoms with Crippen molar-refractivity contribution in [3.05, 3.63) is 0 Å². The molecule has 1 unspecified atom stereocenters. The Morgan fingerprint density at radius 2 is 1.47 bits per heavy atom. The second kappa shape index (κ2) is 8.93. The molecule has 0 aliphatic carbocycles. The molecule has 0 heterocycles. The minimum absolute atomic E-state index is 0.623. The van der Waals surface area contributed by atoms with E-state index in [0.717, 1.165) is 12.5 Å². The van der Waals surface area contributed by atoms with Crippen LogP contribution in [0.2, 0.25) is 0 Å². The van der Waals surface area contributed by atoms with Gasteiger partial charge in [-0.1, -0.05) is 27.7 Å². The van der Waals surface area contributed by atoms with E-state index in [1.807, 2.05) is 0 Å². The van der Waals surface area contributed by atoms with Gasteiger partial charge in [0.05, 0.1) is 0 Å². The zero-order chi connectivity index (χ0) is 13.4. The highest BCUT2D eigenvalue weighted by atomic mass is 15.2. The molecule has 0 saturated carbocycles. The maximum absolute atomic E-state index is 3.69. The molecule has 1 atom stereocenters. The molecule has 0 bridgehead atoms. The number of rotatable bonds is 9. The molecular formula is C15H34N2. The lowest BCUT2D eigenvalue weighted by molar-refractivity contribution is 0.140. The minimum atomic E-state index is 0.623. The van der Waals surface area contributed by atoms with E-state index in [0.29, 0.717) is 18.1 Å². The van der Waals surface area contributed by atoms with Crippen LogP contribution >= 0.6 is 0 Å². The first-order valence-electron chi connectivity index (χ1n) is 7.41. The summed E-state index contributed by atoms with van der Waals surface area (Å²) in [5, 5.41) is 3.69. The number of hydrogen-bond donors (Lipinski definition) is 1. The van der Waals surface area contributed by atoms with Crippen LogP contribution in [0, 0.1) is 5.92 Å². The van der Waals surface area contributed by atoms with Crippen molar-refractivity contribution in [2.75, 3.05) is 13.1 Å². The molecule has 2 nitrogen and oxygen atoms in total. The van der Waals surface area contributed by atoms with E-state index in [-0.39, 0.29) is 0 Å². The van der Waals surface area contributed by atoms with E-state index in [4.69, 9.17) is 0 Å². The van der Waals surface area contributed by atoms with Crippen molar-refractivity contribution in [2.45, 2.75) is 79.4 Å². The van der Waals surface area contributed by atoms with Crippen LogP contribution in [-0.2, 0) is 0 Å². The molecule has 0 amide bonds. The lowest BCUT2D eigenvalue weighted by Crippen LogP contribution is -2.47. The van der Waals surface area contributed by atoms with E-state index in [1.54, 1.807) is 0 Å². The van der Waals surface area contributed by atoms with Gasteiger partial charge in [0.2, 0.25) is 0 Å².